The van der Waals surface area contributed by atoms with Gasteiger partial charge in [0.25, 0.3) is 0 Å². The molecule has 1 unspecified atom stereocenters. The average molecular weight is 257 g/mol. The Hall–Kier alpha value is -1.51. The van der Waals surface area contributed by atoms with E-state index in [-0.39, 0.29) is 11.0 Å². The lowest BCUT2D eigenvalue weighted by Gasteiger charge is -2.46. The second kappa shape index (κ2) is 4.26. The summed E-state index contributed by atoms with van der Waals surface area (Å²) in [6, 6.07) is 10.6. The lowest BCUT2D eigenvalue weighted by Crippen LogP contribution is -2.56. The Labute approximate surface area is 115 Å². The van der Waals surface area contributed by atoms with Crippen molar-refractivity contribution in [2.24, 2.45) is 16.1 Å². The molecule has 1 aromatic carbocycles. The van der Waals surface area contributed by atoms with E-state index in [9.17, 15) is 0 Å². The number of rotatable bonds is 2. The van der Waals surface area contributed by atoms with Crippen LogP contribution in [0, 0.1) is 5.41 Å². The molecule has 2 aliphatic rings. The molecular formula is C16H23N3. The minimum atomic E-state index is 0.132. The Balaban J connectivity index is 1.91. The van der Waals surface area contributed by atoms with Gasteiger partial charge in [-0.25, -0.2) is 0 Å². The van der Waals surface area contributed by atoms with Crippen LogP contribution in [0.3, 0.4) is 0 Å². The minimum Gasteiger partial charge on any atom is -0.370 e. The van der Waals surface area contributed by atoms with Gasteiger partial charge in [0.15, 0.2) is 5.96 Å². The summed E-state index contributed by atoms with van der Waals surface area (Å²) in [4.78, 5) is 6.92. The third kappa shape index (κ3) is 1.83. The molecule has 0 saturated heterocycles. The van der Waals surface area contributed by atoms with Crippen molar-refractivity contribution < 1.29 is 0 Å². The van der Waals surface area contributed by atoms with Crippen LogP contribution in [-0.2, 0) is 6.54 Å². The topological polar surface area (TPSA) is 41.6 Å². The van der Waals surface area contributed by atoms with Crippen LogP contribution in [0.5, 0.6) is 0 Å². The summed E-state index contributed by atoms with van der Waals surface area (Å²) >= 11 is 0. The third-order valence-electron chi connectivity index (χ3n) is 5.13. The Morgan fingerprint density at radius 1 is 1.21 bits per heavy atom. The highest BCUT2D eigenvalue weighted by Gasteiger charge is 2.55. The zero-order valence-electron chi connectivity index (χ0n) is 11.9. The lowest BCUT2D eigenvalue weighted by molar-refractivity contribution is 0.0784. The fourth-order valence-electron chi connectivity index (χ4n) is 3.79. The van der Waals surface area contributed by atoms with Gasteiger partial charge in [-0.3, -0.25) is 4.99 Å². The molecule has 0 bridgehead atoms. The van der Waals surface area contributed by atoms with Crippen LogP contribution in [0.4, 0.5) is 0 Å². The molecule has 1 aliphatic heterocycles. The van der Waals surface area contributed by atoms with E-state index in [2.05, 4.69) is 54.1 Å². The lowest BCUT2D eigenvalue weighted by atomic mass is 9.74. The molecule has 0 radical (unpaired) electrons. The normalized spacial score (nSPS) is 28.9. The Morgan fingerprint density at radius 3 is 2.58 bits per heavy atom. The van der Waals surface area contributed by atoms with Crippen LogP contribution < -0.4 is 5.73 Å². The quantitative estimate of drug-likeness (QED) is 0.885. The van der Waals surface area contributed by atoms with E-state index in [1.807, 2.05) is 0 Å². The summed E-state index contributed by atoms with van der Waals surface area (Å²) < 4.78 is 0. The van der Waals surface area contributed by atoms with Crippen LogP contribution in [0.2, 0.25) is 0 Å². The van der Waals surface area contributed by atoms with Crippen molar-refractivity contribution in [1.82, 2.24) is 4.90 Å². The van der Waals surface area contributed by atoms with Gasteiger partial charge in [0.05, 0.1) is 12.1 Å². The molecule has 1 aromatic rings. The fraction of sp³-hybridized carbons (Fsp3) is 0.562. The second-order valence-electron chi connectivity index (χ2n) is 6.52. The van der Waals surface area contributed by atoms with Crippen LogP contribution in [-0.4, -0.2) is 22.9 Å². The molecule has 3 rings (SSSR count). The third-order valence-corrected chi connectivity index (χ3v) is 5.13. The smallest absolute Gasteiger partial charge is 0.192 e. The first-order valence-corrected chi connectivity index (χ1v) is 7.17. The fourth-order valence-corrected chi connectivity index (χ4v) is 3.79. The standard InChI is InChI=1S/C16H23N3/c1-15(2)9-6-10-16(15)12-18-14(17)19(16)11-13-7-4-3-5-8-13/h3-5,7-8H,6,9-12H2,1-2H3,(H2,17,18). The average Bonchev–Trinajstić information content (AvgIpc) is 2.86. The van der Waals surface area contributed by atoms with E-state index in [1.165, 1.54) is 24.8 Å². The Kier molecular flexibility index (Phi) is 2.80. The first kappa shape index (κ1) is 12.5. The van der Waals surface area contributed by atoms with Gasteiger partial charge in [-0.1, -0.05) is 50.6 Å². The maximum absolute atomic E-state index is 6.18. The molecule has 0 amide bonds. The summed E-state index contributed by atoms with van der Waals surface area (Å²) in [5.41, 5.74) is 7.90. The maximum Gasteiger partial charge on any atom is 0.192 e. The number of nitrogens with zero attached hydrogens (tertiary/aromatic N) is 2. The predicted octanol–water partition coefficient (Wildman–Crippen LogP) is 2.77. The van der Waals surface area contributed by atoms with Gasteiger partial charge in [-0.2, -0.15) is 0 Å². The Bertz CT molecular complexity index is 492. The molecule has 102 valence electrons. The SMILES string of the molecule is CC1(C)CCCC12CN=C(N)N2Cc1ccccc1. The molecule has 1 spiro atoms. The van der Waals surface area contributed by atoms with Crippen LogP contribution in [0.15, 0.2) is 35.3 Å². The second-order valence-corrected chi connectivity index (χ2v) is 6.52. The summed E-state index contributed by atoms with van der Waals surface area (Å²) in [7, 11) is 0. The van der Waals surface area contributed by atoms with Gasteiger partial charge in [-0.15, -0.1) is 0 Å². The molecule has 3 heteroatoms. The molecule has 1 aliphatic carbocycles. The van der Waals surface area contributed by atoms with Gasteiger partial charge >= 0.3 is 0 Å². The van der Waals surface area contributed by atoms with Crippen molar-refractivity contribution in [3.05, 3.63) is 35.9 Å². The van der Waals surface area contributed by atoms with Crippen molar-refractivity contribution in [2.75, 3.05) is 6.54 Å². The zero-order valence-corrected chi connectivity index (χ0v) is 11.9. The van der Waals surface area contributed by atoms with Crippen molar-refractivity contribution >= 4 is 5.96 Å². The van der Waals surface area contributed by atoms with Gasteiger partial charge in [0, 0.05) is 6.54 Å². The van der Waals surface area contributed by atoms with Crippen molar-refractivity contribution in [3.8, 4) is 0 Å². The summed E-state index contributed by atoms with van der Waals surface area (Å²) in [5, 5.41) is 0. The molecular weight excluding hydrogens is 234 g/mol. The van der Waals surface area contributed by atoms with Gasteiger partial charge in [-0.05, 0) is 23.8 Å². The van der Waals surface area contributed by atoms with E-state index < -0.39 is 0 Å². The number of nitrogens with two attached hydrogens (primary N) is 1. The largest absolute Gasteiger partial charge is 0.370 e. The first-order valence-electron chi connectivity index (χ1n) is 7.17. The van der Waals surface area contributed by atoms with E-state index in [0.29, 0.717) is 0 Å². The minimum absolute atomic E-state index is 0.132. The summed E-state index contributed by atoms with van der Waals surface area (Å²) in [6.07, 6.45) is 3.75. The summed E-state index contributed by atoms with van der Waals surface area (Å²) in [5.74, 6) is 0.721. The van der Waals surface area contributed by atoms with Crippen molar-refractivity contribution in [1.29, 1.82) is 0 Å². The highest BCUT2D eigenvalue weighted by atomic mass is 15.4. The maximum atomic E-state index is 6.18. The van der Waals surface area contributed by atoms with Gasteiger partial charge in [0.1, 0.15) is 0 Å². The van der Waals surface area contributed by atoms with Crippen molar-refractivity contribution in [2.45, 2.75) is 45.2 Å². The first-order chi connectivity index (χ1) is 9.05. The number of hydrogen-bond donors (Lipinski definition) is 1. The van der Waals surface area contributed by atoms with E-state index in [0.717, 1.165) is 19.0 Å². The highest BCUT2D eigenvalue weighted by Crippen LogP contribution is 2.51. The Morgan fingerprint density at radius 2 is 1.95 bits per heavy atom. The molecule has 0 aromatic heterocycles. The molecule has 1 heterocycles. The van der Waals surface area contributed by atoms with Gasteiger partial charge in [0.2, 0.25) is 0 Å². The predicted molar refractivity (Wildman–Crippen MR) is 78.8 cm³/mol. The van der Waals surface area contributed by atoms with E-state index in [1.54, 1.807) is 0 Å². The molecule has 19 heavy (non-hydrogen) atoms. The monoisotopic (exact) mass is 257 g/mol. The van der Waals surface area contributed by atoms with Gasteiger partial charge < -0.3 is 10.6 Å². The number of guanidine groups is 1. The zero-order chi connectivity index (χ0) is 13.5. The van der Waals surface area contributed by atoms with Crippen LogP contribution >= 0.6 is 0 Å². The van der Waals surface area contributed by atoms with Crippen LogP contribution in [0.1, 0.15) is 38.7 Å². The van der Waals surface area contributed by atoms with E-state index >= 15 is 0 Å². The highest BCUT2D eigenvalue weighted by molar-refractivity contribution is 5.81. The molecule has 1 saturated carbocycles. The number of benzene rings is 1. The molecule has 1 fully saturated rings. The van der Waals surface area contributed by atoms with Crippen LogP contribution in [0.25, 0.3) is 0 Å². The number of hydrogen-bond acceptors (Lipinski definition) is 3. The molecule has 2 N–H and O–H groups in total. The molecule has 1 atom stereocenters. The van der Waals surface area contributed by atoms with E-state index in [4.69, 9.17) is 5.73 Å². The van der Waals surface area contributed by atoms with Crippen molar-refractivity contribution in [3.63, 3.8) is 0 Å². The summed E-state index contributed by atoms with van der Waals surface area (Å²) in [6.45, 7) is 6.47. The molecule has 3 nitrogen and oxygen atoms in total. The number of aliphatic imine (C=N–C) groups is 1.